The van der Waals surface area contributed by atoms with Crippen LogP contribution in [0, 0.1) is 0 Å². The number of guanidine groups is 1. The lowest BCUT2D eigenvalue weighted by molar-refractivity contribution is 0.0930. The number of aliphatic imine (C=N–C) groups is 1. The van der Waals surface area contributed by atoms with Gasteiger partial charge in [-0.1, -0.05) is 12.1 Å². The second kappa shape index (κ2) is 8.51. The second-order valence-corrected chi connectivity index (χ2v) is 8.26. The predicted molar refractivity (Wildman–Crippen MR) is 111 cm³/mol. The smallest absolute Gasteiger partial charge is 0.193 e. The average molecular weight is 463 g/mol. The molecule has 2 aliphatic rings. The molecule has 0 aliphatic carbocycles. The summed E-state index contributed by atoms with van der Waals surface area (Å²) in [5.41, 5.74) is 0. The third-order valence-electron chi connectivity index (χ3n) is 3.99. The van der Waals surface area contributed by atoms with Crippen LogP contribution in [-0.4, -0.2) is 60.8 Å². The molecule has 0 spiro atoms. The van der Waals surface area contributed by atoms with E-state index in [1.807, 2.05) is 43.1 Å². The Kier molecular flexibility index (Phi) is 6.91. The van der Waals surface area contributed by atoms with Crippen LogP contribution in [0.25, 0.3) is 0 Å². The van der Waals surface area contributed by atoms with Gasteiger partial charge in [0.2, 0.25) is 0 Å². The van der Waals surface area contributed by atoms with Crippen molar-refractivity contribution in [2.24, 2.45) is 4.99 Å². The summed E-state index contributed by atoms with van der Waals surface area (Å²) in [5, 5.41) is 3.44. The van der Waals surface area contributed by atoms with Crippen molar-refractivity contribution in [3.63, 3.8) is 0 Å². The Morgan fingerprint density at radius 3 is 2.83 bits per heavy atom. The van der Waals surface area contributed by atoms with Crippen molar-refractivity contribution >= 4 is 41.7 Å². The highest BCUT2D eigenvalue weighted by molar-refractivity contribution is 14.0. The van der Waals surface area contributed by atoms with E-state index in [0.717, 1.165) is 36.3 Å². The minimum absolute atomic E-state index is 0. The van der Waals surface area contributed by atoms with Crippen LogP contribution in [0.1, 0.15) is 13.8 Å². The highest BCUT2D eigenvalue weighted by Crippen LogP contribution is 2.31. The summed E-state index contributed by atoms with van der Waals surface area (Å²) < 4.78 is 12.0. The van der Waals surface area contributed by atoms with Gasteiger partial charge in [0.1, 0.15) is 12.7 Å². The largest absolute Gasteiger partial charge is 0.486 e. The first-order valence-corrected chi connectivity index (χ1v) is 9.04. The van der Waals surface area contributed by atoms with Crippen LogP contribution in [0.4, 0.5) is 0 Å². The first kappa shape index (κ1) is 19.5. The Morgan fingerprint density at radius 1 is 1.38 bits per heavy atom. The summed E-state index contributed by atoms with van der Waals surface area (Å²) in [6.45, 7) is 7.84. The van der Waals surface area contributed by atoms with E-state index in [9.17, 15) is 0 Å². The first-order valence-electron chi connectivity index (χ1n) is 8.05. The van der Waals surface area contributed by atoms with Crippen molar-refractivity contribution in [3.8, 4) is 11.5 Å². The fourth-order valence-corrected chi connectivity index (χ4v) is 4.01. The molecule has 0 radical (unpaired) electrons. The Hall–Kier alpha value is -0.830. The summed E-state index contributed by atoms with van der Waals surface area (Å²) in [7, 11) is 1.84. The van der Waals surface area contributed by atoms with Crippen LogP contribution in [0.2, 0.25) is 0 Å². The predicted octanol–water partition coefficient (Wildman–Crippen LogP) is 2.85. The molecule has 5 nitrogen and oxygen atoms in total. The maximum absolute atomic E-state index is 5.99. The van der Waals surface area contributed by atoms with Gasteiger partial charge in [-0.2, -0.15) is 11.8 Å². The highest BCUT2D eigenvalue weighted by atomic mass is 127. The molecule has 7 heteroatoms. The number of nitrogens with zero attached hydrogens (tertiary/aromatic N) is 2. The molecule has 0 bridgehead atoms. The van der Waals surface area contributed by atoms with Gasteiger partial charge in [-0.25, -0.2) is 0 Å². The van der Waals surface area contributed by atoms with Gasteiger partial charge in [-0.3, -0.25) is 4.99 Å². The number of fused-ring (bicyclic) bond motifs is 1. The van der Waals surface area contributed by atoms with E-state index in [1.54, 1.807) is 0 Å². The normalized spacial score (nSPS) is 22.5. The summed E-state index contributed by atoms with van der Waals surface area (Å²) in [6.07, 6.45) is -0.00572. The first-order chi connectivity index (χ1) is 11.1. The molecule has 0 saturated carbocycles. The van der Waals surface area contributed by atoms with Crippen LogP contribution in [0.3, 0.4) is 0 Å². The third-order valence-corrected chi connectivity index (χ3v) is 5.29. The maximum atomic E-state index is 5.99. The molecule has 1 atom stereocenters. The van der Waals surface area contributed by atoms with Crippen LogP contribution in [-0.2, 0) is 0 Å². The molecule has 2 aliphatic heterocycles. The maximum Gasteiger partial charge on any atom is 0.193 e. The molecule has 1 saturated heterocycles. The van der Waals surface area contributed by atoms with Crippen LogP contribution >= 0.6 is 35.7 Å². The Morgan fingerprint density at radius 2 is 2.12 bits per heavy atom. The summed E-state index contributed by atoms with van der Waals surface area (Å²) in [6, 6.07) is 7.80. The van der Waals surface area contributed by atoms with E-state index >= 15 is 0 Å². The fourth-order valence-electron chi connectivity index (χ4n) is 2.90. The van der Waals surface area contributed by atoms with Gasteiger partial charge in [0.25, 0.3) is 0 Å². The number of rotatable bonds is 2. The number of nitrogens with one attached hydrogen (secondary N) is 1. The topological polar surface area (TPSA) is 46.1 Å². The highest BCUT2D eigenvalue weighted by Gasteiger charge is 2.29. The fraction of sp³-hybridized carbons (Fsp3) is 0.588. The van der Waals surface area contributed by atoms with Crippen LogP contribution in [0.5, 0.6) is 11.5 Å². The molecule has 24 heavy (non-hydrogen) atoms. The number of ether oxygens (including phenoxy) is 2. The van der Waals surface area contributed by atoms with Gasteiger partial charge in [0.15, 0.2) is 17.5 Å². The zero-order valence-electron chi connectivity index (χ0n) is 14.4. The zero-order valence-corrected chi connectivity index (χ0v) is 17.6. The molecular weight excluding hydrogens is 437 g/mol. The average Bonchev–Trinajstić information content (AvgIpc) is 2.54. The molecule has 2 heterocycles. The Balaban J connectivity index is 0.00000208. The van der Waals surface area contributed by atoms with Crippen molar-refractivity contribution in [2.75, 3.05) is 39.0 Å². The minimum Gasteiger partial charge on any atom is -0.486 e. The molecule has 3 rings (SSSR count). The molecule has 1 unspecified atom stereocenters. The van der Waals surface area contributed by atoms with Gasteiger partial charge in [-0.15, -0.1) is 24.0 Å². The Bertz CT molecular complexity index is 583. The lowest BCUT2D eigenvalue weighted by Gasteiger charge is -2.39. The van der Waals surface area contributed by atoms with E-state index in [0.29, 0.717) is 13.2 Å². The second-order valence-electron chi connectivity index (χ2n) is 6.46. The SMILES string of the molecule is CN=C(NCC1COc2ccccc2O1)N1CCSC(C)(C)C1.I. The standard InChI is InChI=1S/C17H25N3O2S.HI/c1-17(2)12-20(8-9-23-17)16(18-3)19-10-13-11-21-14-6-4-5-7-15(14)22-13;/h4-7,13H,8-12H2,1-3H3,(H,18,19);1H. The number of para-hydroxylation sites is 2. The van der Waals surface area contributed by atoms with Crippen molar-refractivity contribution in [2.45, 2.75) is 24.7 Å². The number of benzene rings is 1. The van der Waals surface area contributed by atoms with Gasteiger partial charge in [0.05, 0.1) is 6.54 Å². The van der Waals surface area contributed by atoms with E-state index in [-0.39, 0.29) is 34.8 Å². The van der Waals surface area contributed by atoms with Gasteiger partial charge in [-0.05, 0) is 26.0 Å². The molecule has 1 aromatic carbocycles. The summed E-state index contributed by atoms with van der Waals surface area (Å²) in [4.78, 5) is 6.76. The lowest BCUT2D eigenvalue weighted by atomic mass is 10.2. The summed E-state index contributed by atoms with van der Waals surface area (Å²) >= 11 is 2.02. The number of hydrogen-bond acceptors (Lipinski definition) is 4. The van der Waals surface area contributed by atoms with Crippen LogP contribution in [0.15, 0.2) is 29.3 Å². The summed E-state index contributed by atoms with van der Waals surface area (Å²) in [5.74, 6) is 3.71. The zero-order chi connectivity index (χ0) is 16.3. The van der Waals surface area contributed by atoms with Crippen molar-refractivity contribution < 1.29 is 9.47 Å². The van der Waals surface area contributed by atoms with Gasteiger partial charge in [0, 0.05) is 30.6 Å². The quantitative estimate of drug-likeness (QED) is 0.415. The molecule has 1 N–H and O–H groups in total. The molecule has 0 aromatic heterocycles. The molecule has 134 valence electrons. The number of halogens is 1. The molecule has 1 aromatic rings. The minimum atomic E-state index is -0.00572. The number of hydrogen-bond donors (Lipinski definition) is 1. The molecule has 1 fully saturated rings. The van der Waals surface area contributed by atoms with Crippen molar-refractivity contribution in [1.29, 1.82) is 0 Å². The van der Waals surface area contributed by atoms with Gasteiger partial charge < -0.3 is 19.7 Å². The Labute approximate surface area is 165 Å². The monoisotopic (exact) mass is 463 g/mol. The van der Waals surface area contributed by atoms with Crippen LogP contribution < -0.4 is 14.8 Å². The lowest BCUT2D eigenvalue weighted by Crippen LogP contribution is -2.53. The van der Waals surface area contributed by atoms with E-state index < -0.39 is 0 Å². The van der Waals surface area contributed by atoms with Crippen molar-refractivity contribution in [1.82, 2.24) is 10.2 Å². The van der Waals surface area contributed by atoms with E-state index in [1.165, 1.54) is 0 Å². The van der Waals surface area contributed by atoms with Gasteiger partial charge >= 0.3 is 0 Å². The molecular formula is C17H26IN3O2S. The van der Waals surface area contributed by atoms with Crippen molar-refractivity contribution in [3.05, 3.63) is 24.3 Å². The number of thioether (sulfide) groups is 1. The van der Waals surface area contributed by atoms with E-state index in [4.69, 9.17) is 9.47 Å². The van der Waals surface area contributed by atoms with E-state index in [2.05, 4.69) is 29.1 Å². The molecule has 0 amide bonds. The third kappa shape index (κ3) is 4.84.